The van der Waals surface area contributed by atoms with Crippen LogP contribution in [0.5, 0.6) is 0 Å². The van der Waals surface area contributed by atoms with Crippen molar-refractivity contribution in [2.45, 2.75) is 13.8 Å². The lowest BCUT2D eigenvalue weighted by atomic mass is 10.2. The normalized spacial score (nSPS) is 11.4. The molecule has 0 fully saturated rings. The van der Waals surface area contributed by atoms with Crippen molar-refractivity contribution in [2.24, 2.45) is 10.8 Å². The number of hydrogen-bond donors (Lipinski definition) is 2. The van der Waals surface area contributed by atoms with Gasteiger partial charge in [0.1, 0.15) is 5.01 Å². The third kappa shape index (κ3) is 3.36. The standard InChI is InChI=1S/C13H14N4S2/c1-8-11(9(2)16-17-13(14)18)19-12(15-8)10-6-4-3-5-7-10/h3-7H,1-2H3,(H3,14,17,18)/b16-9+. The number of hydrogen-bond acceptors (Lipinski definition) is 4. The first-order chi connectivity index (χ1) is 9.08. The number of aryl methyl sites for hydroxylation is 1. The Balaban J connectivity index is 2.32. The number of rotatable bonds is 3. The summed E-state index contributed by atoms with van der Waals surface area (Å²) in [6, 6.07) is 10.1. The van der Waals surface area contributed by atoms with E-state index in [1.165, 1.54) is 0 Å². The van der Waals surface area contributed by atoms with Gasteiger partial charge in [0, 0.05) is 5.56 Å². The van der Waals surface area contributed by atoms with Gasteiger partial charge >= 0.3 is 0 Å². The van der Waals surface area contributed by atoms with Gasteiger partial charge in [-0.1, -0.05) is 30.3 Å². The van der Waals surface area contributed by atoms with Crippen molar-refractivity contribution in [3.63, 3.8) is 0 Å². The van der Waals surface area contributed by atoms with Crippen molar-refractivity contribution in [3.05, 3.63) is 40.9 Å². The van der Waals surface area contributed by atoms with Crippen molar-refractivity contribution < 1.29 is 0 Å². The lowest BCUT2D eigenvalue weighted by Crippen LogP contribution is -2.25. The molecule has 19 heavy (non-hydrogen) atoms. The molecule has 0 saturated carbocycles. The maximum Gasteiger partial charge on any atom is 0.184 e. The summed E-state index contributed by atoms with van der Waals surface area (Å²) < 4.78 is 0. The van der Waals surface area contributed by atoms with Crippen molar-refractivity contribution in [1.29, 1.82) is 0 Å². The average Bonchev–Trinajstić information content (AvgIpc) is 2.79. The second kappa shape index (κ2) is 5.90. The third-order valence-corrected chi connectivity index (χ3v) is 3.89. The van der Waals surface area contributed by atoms with Crippen LogP contribution in [0.3, 0.4) is 0 Å². The molecule has 0 radical (unpaired) electrons. The molecule has 4 nitrogen and oxygen atoms in total. The second-order valence-corrected chi connectivity index (χ2v) is 5.41. The fourth-order valence-corrected chi connectivity index (χ4v) is 2.69. The van der Waals surface area contributed by atoms with Gasteiger partial charge in [0.15, 0.2) is 5.11 Å². The van der Waals surface area contributed by atoms with Gasteiger partial charge < -0.3 is 5.73 Å². The molecule has 1 heterocycles. The van der Waals surface area contributed by atoms with Crippen LogP contribution in [-0.4, -0.2) is 15.8 Å². The lowest BCUT2D eigenvalue weighted by molar-refractivity contribution is 1.03. The van der Waals surface area contributed by atoms with E-state index in [-0.39, 0.29) is 5.11 Å². The van der Waals surface area contributed by atoms with Crippen LogP contribution < -0.4 is 11.2 Å². The molecular formula is C13H14N4S2. The number of thiocarbonyl (C=S) groups is 1. The van der Waals surface area contributed by atoms with Gasteiger partial charge in [-0.2, -0.15) is 5.10 Å². The van der Waals surface area contributed by atoms with Crippen LogP contribution in [0.1, 0.15) is 17.5 Å². The number of hydrazone groups is 1. The number of benzene rings is 1. The molecule has 1 aromatic heterocycles. The predicted octanol–water partition coefficient (Wildman–Crippen LogP) is 2.68. The lowest BCUT2D eigenvalue weighted by Gasteiger charge is -1.99. The fraction of sp³-hybridized carbons (Fsp3) is 0.154. The van der Waals surface area contributed by atoms with Gasteiger partial charge in [0.25, 0.3) is 0 Å². The SMILES string of the molecule is C/C(=N\NC(N)=S)c1sc(-c2ccccc2)nc1C. The van der Waals surface area contributed by atoms with Crippen LogP contribution in [0.2, 0.25) is 0 Å². The first-order valence-electron chi connectivity index (χ1n) is 5.71. The van der Waals surface area contributed by atoms with Crippen LogP contribution in [0, 0.1) is 6.92 Å². The fourth-order valence-electron chi connectivity index (χ4n) is 1.63. The molecule has 0 unspecified atom stereocenters. The van der Waals surface area contributed by atoms with E-state index in [4.69, 9.17) is 18.0 Å². The van der Waals surface area contributed by atoms with Crippen LogP contribution >= 0.6 is 23.6 Å². The summed E-state index contributed by atoms with van der Waals surface area (Å²) in [5.74, 6) is 0. The summed E-state index contributed by atoms with van der Waals surface area (Å²) >= 11 is 6.33. The Morgan fingerprint density at radius 1 is 1.37 bits per heavy atom. The summed E-state index contributed by atoms with van der Waals surface area (Å²) in [6.07, 6.45) is 0. The maximum atomic E-state index is 5.35. The largest absolute Gasteiger partial charge is 0.375 e. The summed E-state index contributed by atoms with van der Waals surface area (Å²) in [5.41, 5.74) is 10.8. The molecule has 2 rings (SSSR count). The van der Waals surface area contributed by atoms with E-state index in [1.807, 2.05) is 44.2 Å². The maximum absolute atomic E-state index is 5.35. The van der Waals surface area contributed by atoms with Crippen LogP contribution in [0.25, 0.3) is 10.6 Å². The Morgan fingerprint density at radius 3 is 2.68 bits per heavy atom. The first kappa shape index (κ1) is 13.6. The number of nitrogens with zero attached hydrogens (tertiary/aromatic N) is 2. The molecule has 3 N–H and O–H groups in total. The molecule has 98 valence electrons. The highest BCUT2D eigenvalue weighted by molar-refractivity contribution is 7.80. The van der Waals surface area contributed by atoms with Crippen molar-refractivity contribution >= 4 is 34.4 Å². The summed E-state index contributed by atoms with van der Waals surface area (Å²) in [4.78, 5) is 5.61. The van der Waals surface area contributed by atoms with Gasteiger partial charge in [-0.3, -0.25) is 5.43 Å². The van der Waals surface area contributed by atoms with Crippen LogP contribution in [-0.2, 0) is 0 Å². The number of nitrogens with two attached hydrogens (primary N) is 1. The Labute approximate surface area is 121 Å². The van der Waals surface area contributed by atoms with Gasteiger partial charge in [-0.25, -0.2) is 4.98 Å². The molecule has 1 aromatic carbocycles. The zero-order valence-corrected chi connectivity index (χ0v) is 12.3. The molecule has 6 heteroatoms. The highest BCUT2D eigenvalue weighted by Gasteiger charge is 2.11. The van der Waals surface area contributed by atoms with E-state index in [2.05, 4.69) is 15.5 Å². The molecule has 0 amide bonds. The molecule has 0 aliphatic rings. The number of thiazole rings is 1. The van der Waals surface area contributed by atoms with Crippen LogP contribution in [0.4, 0.5) is 0 Å². The monoisotopic (exact) mass is 290 g/mol. The highest BCUT2D eigenvalue weighted by Crippen LogP contribution is 2.28. The van der Waals surface area contributed by atoms with E-state index in [9.17, 15) is 0 Å². The second-order valence-electron chi connectivity index (χ2n) is 3.97. The first-order valence-corrected chi connectivity index (χ1v) is 6.93. The van der Waals surface area contributed by atoms with E-state index in [0.717, 1.165) is 26.9 Å². The van der Waals surface area contributed by atoms with Gasteiger partial charge in [0.05, 0.1) is 16.3 Å². The van der Waals surface area contributed by atoms with Crippen molar-refractivity contribution in [3.8, 4) is 10.6 Å². The topological polar surface area (TPSA) is 63.3 Å². The summed E-state index contributed by atoms with van der Waals surface area (Å²) in [7, 11) is 0. The van der Waals surface area contributed by atoms with Gasteiger partial charge in [-0.05, 0) is 26.1 Å². The molecule has 0 atom stereocenters. The average molecular weight is 290 g/mol. The van der Waals surface area contributed by atoms with Gasteiger partial charge in [0.2, 0.25) is 0 Å². The highest BCUT2D eigenvalue weighted by atomic mass is 32.1. The molecular weight excluding hydrogens is 276 g/mol. The number of nitrogens with one attached hydrogen (secondary N) is 1. The van der Waals surface area contributed by atoms with E-state index >= 15 is 0 Å². The molecule has 0 spiro atoms. The van der Waals surface area contributed by atoms with E-state index in [0.29, 0.717) is 0 Å². The minimum Gasteiger partial charge on any atom is -0.375 e. The molecule has 0 saturated heterocycles. The minimum atomic E-state index is 0.157. The predicted molar refractivity (Wildman–Crippen MR) is 84.4 cm³/mol. The van der Waals surface area contributed by atoms with Crippen molar-refractivity contribution in [1.82, 2.24) is 10.4 Å². The number of aromatic nitrogens is 1. The Hall–Kier alpha value is -1.79. The molecule has 0 aliphatic heterocycles. The molecule has 2 aromatic rings. The zero-order valence-electron chi connectivity index (χ0n) is 10.7. The summed E-state index contributed by atoms with van der Waals surface area (Å²) in [5, 5.41) is 5.27. The summed E-state index contributed by atoms with van der Waals surface area (Å²) in [6.45, 7) is 3.87. The van der Waals surface area contributed by atoms with Gasteiger partial charge in [-0.15, -0.1) is 11.3 Å². The molecule has 0 aliphatic carbocycles. The Kier molecular flexibility index (Phi) is 4.24. The quantitative estimate of drug-likeness (QED) is 0.518. The van der Waals surface area contributed by atoms with Crippen LogP contribution in [0.15, 0.2) is 35.4 Å². The minimum absolute atomic E-state index is 0.157. The van der Waals surface area contributed by atoms with E-state index in [1.54, 1.807) is 11.3 Å². The van der Waals surface area contributed by atoms with Crippen molar-refractivity contribution in [2.75, 3.05) is 0 Å². The Bertz CT molecular complexity index is 617. The third-order valence-electron chi connectivity index (χ3n) is 2.48. The smallest absolute Gasteiger partial charge is 0.184 e. The zero-order chi connectivity index (χ0) is 13.8. The van der Waals surface area contributed by atoms with E-state index < -0.39 is 0 Å². The Morgan fingerprint density at radius 2 is 2.05 bits per heavy atom. The molecule has 0 bridgehead atoms.